The molecule has 5 aromatic carbocycles. The van der Waals surface area contributed by atoms with Gasteiger partial charge in [-0.3, -0.25) is 0 Å². The second-order valence-electron chi connectivity index (χ2n) is 24.5. The van der Waals surface area contributed by atoms with E-state index in [2.05, 4.69) is 185 Å². The Balaban J connectivity index is 1.59. The lowest BCUT2D eigenvalue weighted by Gasteiger charge is -2.62. The van der Waals surface area contributed by atoms with E-state index in [1.807, 2.05) is 12.1 Å². The first-order valence-electron chi connectivity index (χ1n) is 22.4. The van der Waals surface area contributed by atoms with Gasteiger partial charge < -0.3 is 13.6 Å². The number of halogens is 1. The molecule has 0 saturated heterocycles. The number of hydrogen-bond acceptors (Lipinski definition) is 3. The van der Waals surface area contributed by atoms with Gasteiger partial charge in [0.05, 0.1) is 5.92 Å². The Morgan fingerprint density at radius 2 is 0.803 bits per heavy atom. The van der Waals surface area contributed by atoms with Crippen LogP contribution in [0.5, 0.6) is 17.2 Å². The van der Waals surface area contributed by atoms with E-state index >= 15 is 0 Å². The Morgan fingerprint density at radius 3 is 1.18 bits per heavy atom. The van der Waals surface area contributed by atoms with Gasteiger partial charge in [0.25, 0.3) is 0 Å². The van der Waals surface area contributed by atoms with Crippen molar-refractivity contribution < 1.29 is 18.0 Å². The largest absolute Gasteiger partial charge is 0.547 e. The third-order valence-corrected chi connectivity index (χ3v) is 17.2. The normalized spacial score (nSPS) is 21.1. The lowest BCUT2D eigenvalue weighted by molar-refractivity contribution is 0.0184. The number of hydrogen-bond donors (Lipinski definition) is 0. The van der Waals surface area contributed by atoms with E-state index in [1.165, 1.54) is 62.2 Å². The Morgan fingerprint density at radius 1 is 0.443 bits per heavy atom. The summed E-state index contributed by atoms with van der Waals surface area (Å²) in [6.07, 6.45) is 0. The second kappa shape index (κ2) is 13.3. The molecule has 2 bridgehead atoms. The van der Waals surface area contributed by atoms with E-state index in [1.54, 1.807) is 0 Å². The molecular weight excluding hydrogens is 768 g/mol. The first-order chi connectivity index (χ1) is 27.9. The summed E-state index contributed by atoms with van der Waals surface area (Å²) >= 11 is 0. The topological polar surface area (TPSA) is 27.7 Å². The molecule has 0 aromatic heterocycles. The molecule has 3 aliphatic rings. The SMILES string of the molecule is CC(C)(C)c1cc2c(c(C(C)(C)C)c1)O[Si]1(c3ccc(-c4ccc(F)cc4)cc3)Oc3c(cc(C(C)(C)C)cc3C(C)(C)C)C2C12Oc1c(C(C)(C)C)cc(C(C)(C)C)cc12. The minimum absolute atomic E-state index is 0.126. The molecule has 1 unspecified atom stereocenters. The van der Waals surface area contributed by atoms with Crippen molar-refractivity contribution in [1.82, 2.24) is 0 Å². The molecule has 1 spiro atoms. The van der Waals surface area contributed by atoms with Gasteiger partial charge >= 0.3 is 8.56 Å². The van der Waals surface area contributed by atoms with Crippen molar-refractivity contribution in [2.45, 2.75) is 168 Å². The third-order valence-electron chi connectivity index (χ3n) is 13.5. The summed E-state index contributed by atoms with van der Waals surface area (Å²) in [5.41, 5.74) is 11.8. The lowest BCUT2D eigenvalue weighted by Crippen LogP contribution is -2.82. The van der Waals surface area contributed by atoms with Crippen LogP contribution in [0.1, 0.15) is 181 Å². The highest BCUT2D eigenvalue weighted by atomic mass is 28.4. The van der Waals surface area contributed by atoms with Crippen LogP contribution in [0.25, 0.3) is 11.1 Å². The molecular formula is C56H69FO3Si. The minimum Gasteiger partial charge on any atom is -0.506 e. The number of ether oxygens (including phenoxy) is 1. The fourth-order valence-corrected chi connectivity index (χ4v) is 13.8. The molecule has 5 aromatic rings. The van der Waals surface area contributed by atoms with Crippen LogP contribution in [-0.4, -0.2) is 8.56 Å². The van der Waals surface area contributed by atoms with Gasteiger partial charge in [-0.15, -0.1) is 0 Å². The second-order valence-corrected chi connectivity index (χ2v) is 27.4. The van der Waals surface area contributed by atoms with Crippen LogP contribution in [0.2, 0.25) is 0 Å². The highest BCUT2D eigenvalue weighted by Crippen LogP contribution is 2.69. The summed E-state index contributed by atoms with van der Waals surface area (Å²) in [4.78, 5) is 0. The molecule has 0 fully saturated rings. The van der Waals surface area contributed by atoms with Gasteiger partial charge in [0.15, 0.2) is 0 Å². The van der Waals surface area contributed by atoms with E-state index in [0.29, 0.717) is 0 Å². The van der Waals surface area contributed by atoms with Crippen molar-refractivity contribution in [3.8, 4) is 28.4 Å². The van der Waals surface area contributed by atoms with E-state index in [9.17, 15) is 4.39 Å². The zero-order chi connectivity index (χ0) is 44.8. The molecule has 0 amide bonds. The maximum atomic E-state index is 14.1. The van der Waals surface area contributed by atoms with Gasteiger partial charge in [0.1, 0.15) is 23.1 Å². The van der Waals surface area contributed by atoms with Crippen LogP contribution in [0.4, 0.5) is 4.39 Å². The third kappa shape index (κ3) is 6.78. The van der Waals surface area contributed by atoms with Crippen molar-refractivity contribution in [2.75, 3.05) is 0 Å². The van der Waals surface area contributed by atoms with Crippen LogP contribution in [0.15, 0.2) is 84.9 Å². The predicted octanol–water partition coefficient (Wildman–Crippen LogP) is 14.4. The van der Waals surface area contributed by atoms with Crippen molar-refractivity contribution >= 4 is 13.7 Å². The standard InChI is InChI=1S/C56H69FO3Si/c1-50(2,3)35-27-40-46-41-28-36(51(4,5)6)30-43(54(13,14)15)48(41)60-61(59-47(40)42(29-35)53(10,11)12,39-25-21-34(22-26-39)33-19-23-38(57)24-20-33)56(46)45-32-37(52(7,8)9)31-44(49(45)58-56)55(16,17)18/h19-32,46H,1-18H3. The molecule has 1 atom stereocenters. The summed E-state index contributed by atoms with van der Waals surface area (Å²) in [7, 11) is -3.86. The lowest BCUT2D eigenvalue weighted by atomic mass is 9.69. The zero-order valence-corrected chi connectivity index (χ0v) is 41.3. The van der Waals surface area contributed by atoms with Crippen molar-refractivity contribution in [3.05, 3.63) is 141 Å². The predicted molar refractivity (Wildman–Crippen MR) is 254 cm³/mol. The average Bonchev–Trinajstić information content (AvgIpc) is 3.11. The van der Waals surface area contributed by atoms with Crippen molar-refractivity contribution in [3.63, 3.8) is 0 Å². The zero-order valence-electron chi connectivity index (χ0n) is 40.3. The number of fused-ring (bicyclic) bond motifs is 5. The van der Waals surface area contributed by atoms with Crippen molar-refractivity contribution in [2.24, 2.45) is 0 Å². The molecule has 5 heteroatoms. The van der Waals surface area contributed by atoms with E-state index in [0.717, 1.165) is 33.6 Å². The highest BCUT2D eigenvalue weighted by Gasteiger charge is 2.80. The maximum absolute atomic E-state index is 14.1. The average molecular weight is 837 g/mol. The van der Waals surface area contributed by atoms with Gasteiger partial charge in [0.2, 0.25) is 5.22 Å². The fourth-order valence-electron chi connectivity index (χ4n) is 9.68. The molecule has 0 aliphatic carbocycles. The van der Waals surface area contributed by atoms with Gasteiger partial charge in [0, 0.05) is 27.4 Å². The first kappa shape index (κ1) is 43.3. The molecule has 0 radical (unpaired) electrons. The summed E-state index contributed by atoms with van der Waals surface area (Å²) in [5.74, 6) is 2.31. The monoisotopic (exact) mass is 837 g/mol. The van der Waals surface area contributed by atoms with Gasteiger partial charge in [-0.1, -0.05) is 191 Å². The number of rotatable bonds is 2. The minimum atomic E-state index is -3.86. The van der Waals surface area contributed by atoms with Crippen molar-refractivity contribution in [1.29, 1.82) is 0 Å². The van der Waals surface area contributed by atoms with Crippen LogP contribution in [0, 0.1) is 5.82 Å². The summed E-state index contributed by atoms with van der Waals surface area (Å²) < 4.78 is 38.2. The molecule has 322 valence electrons. The molecule has 8 rings (SSSR count). The summed E-state index contributed by atoms with van der Waals surface area (Å²) in [5, 5.41) is 0.0153. The van der Waals surface area contributed by atoms with Gasteiger partial charge in [-0.25, -0.2) is 4.39 Å². The number of benzene rings is 5. The maximum Gasteiger partial charge on any atom is 0.547 e. The van der Waals surface area contributed by atoms with Crippen LogP contribution >= 0.6 is 0 Å². The molecule has 3 heterocycles. The molecule has 61 heavy (non-hydrogen) atoms. The Hall–Kier alpha value is -4.35. The molecule has 0 saturated carbocycles. The summed E-state index contributed by atoms with van der Waals surface area (Å²) in [6.45, 7) is 41.5. The quantitative estimate of drug-likeness (QED) is 0.166. The Labute approximate surface area is 367 Å². The van der Waals surface area contributed by atoms with Crippen LogP contribution in [-0.2, 0) is 37.7 Å². The van der Waals surface area contributed by atoms with Gasteiger partial charge in [-0.2, -0.15) is 0 Å². The molecule has 3 aliphatic heterocycles. The Bertz CT molecular complexity index is 2470. The molecule has 0 N–H and O–H groups in total. The highest BCUT2D eigenvalue weighted by molar-refractivity contribution is 6.85. The summed E-state index contributed by atoms with van der Waals surface area (Å²) in [6, 6.07) is 30.0. The van der Waals surface area contributed by atoms with E-state index < -0.39 is 13.8 Å². The smallest absolute Gasteiger partial charge is 0.506 e. The van der Waals surface area contributed by atoms with Crippen LogP contribution < -0.4 is 18.8 Å². The van der Waals surface area contributed by atoms with Crippen LogP contribution in [0.3, 0.4) is 0 Å². The molecule has 3 nitrogen and oxygen atoms in total. The van der Waals surface area contributed by atoms with E-state index in [-0.39, 0.29) is 44.2 Å². The van der Waals surface area contributed by atoms with E-state index in [4.69, 9.17) is 13.6 Å². The van der Waals surface area contributed by atoms with Gasteiger partial charge in [-0.05, 0) is 89.6 Å². The fraction of sp³-hybridized carbons (Fsp3) is 0.464. The first-order valence-corrected chi connectivity index (χ1v) is 24.2. The Kier molecular flexibility index (Phi) is 9.46.